The summed E-state index contributed by atoms with van der Waals surface area (Å²) in [5, 5.41) is 9.34. The molecule has 1 aliphatic heterocycles. The third-order valence-corrected chi connectivity index (χ3v) is 5.74. The molecule has 0 N–H and O–H groups in total. The van der Waals surface area contributed by atoms with E-state index in [2.05, 4.69) is 19.0 Å². The molecule has 1 unspecified atom stereocenters. The molecule has 0 aliphatic carbocycles. The highest BCUT2D eigenvalue weighted by Gasteiger charge is 2.49. The van der Waals surface area contributed by atoms with Crippen LogP contribution in [0.25, 0.3) is 6.08 Å². The summed E-state index contributed by atoms with van der Waals surface area (Å²) in [6.45, 7) is 4.25. The zero-order valence-corrected chi connectivity index (χ0v) is 21.0. The van der Waals surface area contributed by atoms with Gasteiger partial charge in [0.15, 0.2) is 0 Å². The highest BCUT2D eigenvalue weighted by molar-refractivity contribution is 7.99. The number of ether oxygens (including phenoxy) is 4. The summed E-state index contributed by atoms with van der Waals surface area (Å²) in [4.78, 5) is 38.0. The smallest absolute Gasteiger partial charge is 0.475 e. The van der Waals surface area contributed by atoms with Gasteiger partial charge < -0.3 is 23.8 Å². The van der Waals surface area contributed by atoms with Gasteiger partial charge in [-0.25, -0.2) is 9.59 Å². The van der Waals surface area contributed by atoms with E-state index in [9.17, 15) is 32.9 Å². The van der Waals surface area contributed by atoms with Gasteiger partial charge in [0.25, 0.3) is 5.09 Å². The van der Waals surface area contributed by atoms with Crippen molar-refractivity contribution in [2.24, 2.45) is 0 Å². The lowest BCUT2D eigenvalue weighted by atomic mass is 9.85. The minimum Gasteiger partial charge on any atom is -0.475 e. The Kier molecular flexibility index (Phi) is 10.1. The van der Waals surface area contributed by atoms with Crippen molar-refractivity contribution in [1.29, 1.82) is 0 Å². The van der Waals surface area contributed by atoms with E-state index in [0.29, 0.717) is 5.56 Å². The molecular formula is C21H23ClF3NO9S. The van der Waals surface area contributed by atoms with Crippen LogP contribution in [0.1, 0.15) is 31.9 Å². The Labute approximate surface area is 213 Å². The zero-order valence-electron chi connectivity index (χ0n) is 19.4. The van der Waals surface area contributed by atoms with Crippen LogP contribution in [0.15, 0.2) is 17.7 Å². The minimum atomic E-state index is -4.94. The first-order valence-corrected chi connectivity index (χ1v) is 11.8. The highest BCUT2D eigenvalue weighted by Crippen LogP contribution is 2.42. The first-order valence-electron chi connectivity index (χ1n) is 10.3. The predicted octanol–water partition coefficient (Wildman–Crippen LogP) is 4.94. The molecule has 0 saturated carbocycles. The topological polar surface area (TPSA) is 123 Å². The number of hydrogen-bond donors (Lipinski definition) is 0. The summed E-state index contributed by atoms with van der Waals surface area (Å²) >= 11 is 7.48. The zero-order chi connectivity index (χ0) is 27.1. The fourth-order valence-corrected chi connectivity index (χ4v) is 3.97. The normalized spacial score (nSPS) is 15.2. The standard InChI is InChI=1S/C21H23ClF3NO9S/c1-20(2,3)14-10-16-12(9-15(14)22)8-13(17(35-16)21(23,24)25)18(27)32-11-33-19(28)31-4-6-36-7-5-34-26(29)30/h8-10,17H,4-7,11H2,1-3H3. The average molecular weight is 558 g/mol. The fourth-order valence-electron chi connectivity index (χ4n) is 2.91. The second-order valence-electron chi connectivity index (χ2n) is 8.22. The number of halogens is 4. The maximum atomic E-state index is 13.7. The van der Waals surface area contributed by atoms with Crippen LogP contribution in [0.5, 0.6) is 5.75 Å². The van der Waals surface area contributed by atoms with Gasteiger partial charge >= 0.3 is 18.3 Å². The number of alkyl halides is 3. The molecule has 0 amide bonds. The van der Waals surface area contributed by atoms with Gasteiger partial charge in [0.2, 0.25) is 12.9 Å². The molecule has 0 aromatic heterocycles. The number of carbonyl (C=O) groups is 2. The Morgan fingerprint density at radius 1 is 1.14 bits per heavy atom. The largest absolute Gasteiger partial charge is 0.511 e. The summed E-state index contributed by atoms with van der Waals surface area (Å²) in [5.41, 5.74) is -0.595. The number of hydrogen-bond acceptors (Lipinski definition) is 10. The molecule has 1 heterocycles. The third-order valence-electron chi connectivity index (χ3n) is 4.52. The molecule has 0 bridgehead atoms. The van der Waals surface area contributed by atoms with E-state index in [4.69, 9.17) is 16.3 Å². The van der Waals surface area contributed by atoms with Gasteiger partial charge in [-0.05, 0) is 29.2 Å². The van der Waals surface area contributed by atoms with Crippen LogP contribution in [0.3, 0.4) is 0 Å². The molecule has 0 fully saturated rings. The monoisotopic (exact) mass is 557 g/mol. The van der Waals surface area contributed by atoms with Gasteiger partial charge in [-0.2, -0.15) is 24.9 Å². The molecule has 1 aliphatic rings. The number of nitrogens with zero attached hydrogens (tertiary/aromatic N) is 1. The van der Waals surface area contributed by atoms with Crippen molar-refractivity contribution in [1.82, 2.24) is 0 Å². The minimum absolute atomic E-state index is 0.0918. The van der Waals surface area contributed by atoms with E-state index in [1.807, 2.05) is 20.8 Å². The summed E-state index contributed by atoms with van der Waals surface area (Å²) < 4.78 is 59.9. The van der Waals surface area contributed by atoms with E-state index in [1.54, 1.807) is 0 Å². The summed E-state index contributed by atoms with van der Waals surface area (Å²) in [6, 6.07) is 2.80. The predicted molar refractivity (Wildman–Crippen MR) is 122 cm³/mol. The van der Waals surface area contributed by atoms with Gasteiger partial charge in [0.05, 0.1) is 5.57 Å². The lowest BCUT2D eigenvalue weighted by Gasteiger charge is -2.30. The highest BCUT2D eigenvalue weighted by atomic mass is 35.5. The molecule has 1 aromatic carbocycles. The first kappa shape index (κ1) is 29.4. The van der Waals surface area contributed by atoms with E-state index < -0.39 is 47.3 Å². The quantitative estimate of drug-likeness (QED) is 0.128. The van der Waals surface area contributed by atoms with Crippen molar-refractivity contribution >= 4 is 41.6 Å². The van der Waals surface area contributed by atoms with Crippen molar-refractivity contribution in [2.45, 2.75) is 38.5 Å². The molecule has 0 spiro atoms. The van der Waals surface area contributed by atoms with Crippen molar-refractivity contribution in [2.75, 3.05) is 31.5 Å². The number of fused-ring (bicyclic) bond motifs is 1. The Morgan fingerprint density at radius 3 is 2.42 bits per heavy atom. The molecule has 0 saturated heterocycles. The molecule has 1 aromatic rings. The molecule has 0 radical (unpaired) electrons. The third kappa shape index (κ3) is 8.66. The van der Waals surface area contributed by atoms with Crippen molar-refractivity contribution in [3.8, 4) is 5.75 Å². The fraction of sp³-hybridized carbons (Fsp3) is 0.524. The molecule has 200 valence electrons. The van der Waals surface area contributed by atoms with E-state index in [-0.39, 0.29) is 41.1 Å². The van der Waals surface area contributed by atoms with Gasteiger partial charge in [0.1, 0.15) is 19.0 Å². The van der Waals surface area contributed by atoms with E-state index in [1.165, 1.54) is 23.9 Å². The summed E-state index contributed by atoms with van der Waals surface area (Å²) in [7, 11) is 0. The van der Waals surface area contributed by atoms with Crippen molar-refractivity contribution in [3.05, 3.63) is 44.0 Å². The SMILES string of the molecule is CC(C)(C)c1cc2c(cc1Cl)C=C(C(=O)OCOC(=O)OCCSCCO[N+](=O)[O-])C(C(F)(F)F)O2. The van der Waals surface area contributed by atoms with Gasteiger partial charge in [-0.3, -0.25) is 0 Å². The van der Waals surface area contributed by atoms with Gasteiger partial charge in [-0.1, -0.05) is 32.4 Å². The lowest BCUT2D eigenvalue weighted by Crippen LogP contribution is -2.41. The van der Waals surface area contributed by atoms with Gasteiger partial charge in [-0.15, -0.1) is 10.1 Å². The van der Waals surface area contributed by atoms with E-state index in [0.717, 1.165) is 6.08 Å². The van der Waals surface area contributed by atoms with Crippen LogP contribution in [0, 0.1) is 10.1 Å². The number of carbonyl (C=O) groups excluding carboxylic acids is 2. The van der Waals surface area contributed by atoms with Crippen LogP contribution in [-0.2, 0) is 29.3 Å². The molecule has 36 heavy (non-hydrogen) atoms. The maximum absolute atomic E-state index is 13.7. The molecule has 15 heteroatoms. The molecule has 1 atom stereocenters. The number of benzene rings is 1. The van der Waals surface area contributed by atoms with Gasteiger partial charge in [0, 0.05) is 22.1 Å². The Morgan fingerprint density at radius 2 is 1.81 bits per heavy atom. The molecule has 2 rings (SSSR count). The van der Waals surface area contributed by atoms with Crippen LogP contribution in [0.4, 0.5) is 18.0 Å². The number of esters is 1. The second kappa shape index (κ2) is 12.4. The molecular weight excluding hydrogens is 535 g/mol. The van der Waals surface area contributed by atoms with Crippen LogP contribution >= 0.6 is 23.4 Å². The molecule has 10 nitrogen and oxygen atoms in total. The second-order valence-corrected chi connectivity index (χ2v) is 9.85. The van der Waals surface area contributed by atoms with Crippen LogP contribution in [-0.4, -0.2) is 61.0 Å². The van der Waals surface area contributed by atoms with Crippen molar-refractivity contribution in [3.63, 3.8) is 0 Å². The maximum Gasteiger partial charge on any atom is 0.511 e. The number of thioether (sulfide) groups is 1. The number of rotatable bonds is 10. The lowest BCUT2D eigenvalue weighted by molar-refractivity contribution is -0.756. The van der Waals surface area contributed by atoms with Crippen LogP contribution < -0.4 is 4.74 Å². The Bertz CT molecular complexity index is 1010. The summed E-state index contributed by atoms with van der Waals surface area (Å²) in [6.07, 6.45) is -7.80. The Hall–Kier alpha value is -2.87. The van der Waals surface area contributed by atoms with E-state index >= 15 is 0 Å². The van der Waals surface area contributed by atoms with Crippen molar-refractivity contribution < 1.29 is 51.6 Å². The van der Waals surface area contributed by atoms with Crippen LogP contribution in [0.2, 0.25) is 5.02 Å². The average Bonchev–Trinajstić information content (AvgIpc) is 2.75. The summed E-state index contributed by atoms with van der Waals surface area (Å²) in [5.74, 6) is -0.953. The Balaban J connectivity index is 1.95. The first-order chi connectivity index (χ1) is 16.7.